The van der Waals surface area contributed by atoms with Crippen LogP contribution in [0.15, 0.2) is 77.9 Å². The molecule has 3 amide bonds. The monoisotopic (exact) mass is 480 g/mol. The number of halogens is 1. The van der Waals surface area contributed by atoms with E-state index in [0.717, 1.165) is 0 Å². The van der Waals surface area contributed by atoms with Gasteiger partial charge in [-0.25, -0.2) is 5.43 Å². The summed E-state index contributed by atoms with van der Waals surface area (Å²) in [6.07, 6.45) is 1.34. The Morgan fingerprint density at radius 3 is 2.38 bits per heavy atom. The van der Waals surface area contributed by atoms with E-state index in [2.05, 4.69) is 21.2 Å². The van der Waals surface area contributed by atoms with Crippen molar-refractivity contribution in [3.63, 3.8) is 0 Å². The van der Waals surface area contributed by atoms with Crippen molar-refractivity contribution in [1.29, 1.82) is 0 Å². The lowest BCUT2D eigenvalue weighted by molar-refractivity contribution is -0.136. The van der Waals surface area contributed by atoms with Gasteiger partial charge in [-0.05, 0) is 60.2 Å². The minimum Gasteiger partial charge on any atom is -0.497 e. The van der Waals surface area contributed by atoms with Crippen molar-refractivity contribution in [2.24, 2.45) is 5.10 Å². The predicted molar refractivity (Wildman–Crippen MR) is 129 cm³/mol. The Morgan fingerprint density at radius 2 is 1.65 bits per heavy atom. The zero-order valence-electron chi connectivity index (χ0n) is 18.1. The van der Waals surface area contributed by atoms with E-state index in [9.17, 15) is 14.4 Å². The van der Waals surface area contributed by atoms with Crippen LogP contribution in [0.2, 0.25) is 5.02 Å². The zero-order chi connectivity index (χ0) is 24.3. The quantitative estimate of drug-likeness (QED) is 0.259. The molecule has 34 heavy (non-hydrogen) atoms. The largest absolute Gasteiger partial charge is 0.497 e. The summed E-state index contributed by atoms with van der Waals surface area (Å²) in [5.74, 6) is -1.10. The molecule has 0 saturated heterocycles. The Bertz CT molecular complexity index is 1200. The number of nitrogens with zero attached hydrogens (tertiary/aromatic N) is 1. The van der Waals surface area contributed by atoms with Crippen LogP contribution < -0.4 is 25.5 Å². The first kappa shape index (κ1) is 24.3. The molecule has 0 aliphatic heterocycles. The van der Waals surface area contributed by atoms with Crippen molar-refractivity contribution in [3.05, 3.63) is 83.4 Å². The van der Waals surface area contributed by atoms with Crippen molar-refractivity contribution in [3.8, 4) is 11.5 Å². The van der Waals surface area contributed by atoms with Gasteiger partial charge >= 0.3 is 11.8 Å². The molecule has 0 radical (unpaired) electrons. The van der Waals surface area contributed by atoms with E-state index in [1.54, 1.807) is 72.8 Å². The topological polar surface area (TPSA) is 118 Å². The predicted octanol–water partition coefficient (Wildman–Crippen LogP) is 3.45. The van der Waals surface area contributed by atoms with E-state index in [-0.39, 0.29) is 12.5 Å². The number of ether oxygens (including phenoxy) is 2. The van der Waals surface area contributed by atoms with Crippen LogP contribution in [-0.2, 0) is 14.4 Å². The van der Waals surface area contributed by atoms with Crippen molar-refractivity contribution < 1.29 is 23.9 Å². The van der Waals surface area contributed by atoms with Crippen LogP contribution in [0.4, 0.5) is 11.4 Å². The smallest absolute Gasteiger partial charge is 0.329 e. The molecule has 3 N–H and O–H groups in total. The summed E-state index contributed by atoms with van der Waals surface area (Å²) in [5, 5.41) is 9.42. The van der Waals surface area contributed by atoms with E-state index >= 15 is 0 Å². The Morgan fingerprint density at radius 1 is 0.882 bits per heavy atom. The normalized spacial score (nSPS) is 10.4. The van der Waals surface area contributed by atoms with E-state index in [1.165, 1.54) is 13.3 Å². The third-order valence-electron chi connectivity index (χ3n) is 4.27. The van der Waals surface area contributed by atoms with Gasteiger partial charge in [-0.2, -0.15) is 5.10 Å². The summed E-state index contributed by atoms with van der Waals surface area (Å²) in [6.45, 7) is -0.213. The molecular formula is C24H21ClN4O5. The summed E-state index contributed by atoms with van der Waals surface area (Å²) in [7, 11) is 1.53. The molecule has 0 aromatic heterocycles. The van der Waals surface area contributed by atoms with Gasteiger partial charge in [0.25, 0.3) is 5.91 Å². The van der Waals surface area contributed by atoms with E-state index in [4.69, 9.17) is 21.1 Å². The van der Waals surface area contributed by atoms with Gasteiger partial charge in [-0.15, -0.1) is 0 Å². The van der Waals surface area contributed by atoms with Gasteiger partial charge in [0.15, 0.2) is 6.61 Å². The van der Waals surface area contributed by atoms with E-state index in [0.29, 0.717) is 33.5 Å². The first-order valence-corrected chi connectivity index (χ1v) is 10.4. The number of hydrazone groups is 1. The van der Waals surface area contributed by atoms with Gasteiger partial charge in [0, 0.05) is 16.4 Å². The molecule has 0 aliphatic carbocycles. The number of nitrogens with one attached hydrogen (secondary N) is 3. The lowest BCUT2D eigenvalue weighted by Gasteiger charge is -2.08. The number of methoxy groups -OCH3 is 1. The number of rotatable bonds is 8. The minimum atomic E-state index is -0.933. The van der Waals surface area contributed by atoms with E-state index < -0.39 is 11.8 Å². The van der Waals surface area contributed by atoms with Crippen molar-refractivity contribution in [2.75, 3.05) is 24.4 Å². The van der Waals surface area contributed by atoms with Crippen LogP contribution in [0.5, 0.6) is 11.5 Å². The highest BCUT2D eigenvalue weighted by atomic mass is 35.5. The molecule has 0 unspecified atom stereocenters. The standard InChI is InChI=1S/C24H21ClN4O5/c1-33-20-10-8-18(9-11-20)28-23(31)24(32)29-26-14-16-4-2-7-21(12-16)34-15-22(30)27-19-6-3-5-17(25)13-19/h2-14H,15H2,1H3,(H,27,30)(H,28,31)(H,29,32)/b26-14-. The SMILES string of the molecule is COc1ccc(NC(=O)C(=O)N/N=C\c2cccc(OCC(=O)Nc3cccc(Cl)c3)c2)cc1. The number of hydrogen-bond donors (Lipinski definition) is 3. The highest BCUT2D eigenvalue weighted by Crippen LogP contribution is 2.16. The third-order valence-corrected chi connectivity index (χ3v) is 4.51. The maximum atomic E-state index is 12.1. The molecule has 3 rings (SSSR count). The Labute approximate surface area is 200 Å². The van der Waals surface area contributed by atoms with Crippen LogP contribution in [0.25, 0.3) is 0 Å². The molecule has 3 aromatic carbocycles. The van der Waals surface area contributed by atoms with Crippen molar-refractivity contribution >= 4 is 46.9 Å². The van der Waals surface area contributed by atoms with Crippen molar-refractivity contribution in [2.45, 2.75) is 0 Å². The molecule has 0 fully saturated rings. The number of hydrogen-bond acceptors (Lipinski definition) is 6. The fourth-order valence-corrected chi connectivity index (χ4v) is 2.87. The molecule has 0 bridgehead atoms. The molecule has 0 spiro atoms. The Kier molecular flexibility index (Phi) is 8.59. The summed E-state index contributed by atoms with van der Waals surface area (Å²) < 4.78 is 10.5. The van der Waals surface area contributed by atoms with Gasteiger partial charge in [0.2, 0.25) is 0 Å². The maximum absolute atomic E-state index is 12.1. The second-order valence-corrected chi connectivity index (χ2v) is 7.24. The second-order valence-electron chi connectivity index (χ2n) is 6.80. The average Bonchev–Trinajstić information content (AvgIpc) is 2.83. The summed E-state index contributed by atoms with van der Waals surface area (Å²) in [5.41, 5.74) is 3.74. The highest BCUT2D eigenvalue weighted by molar-refractivity contribution is 6.39. The lowest BCUT2D eigenvalue weighted by atomic mass is 10.2. The van der Waals surface area contributed by atoms with Gasteiger partial charge in [-0.3, -0.25) is 14.4 Å². The van der Waals surface area contributed by atoms with Crippen molar-refractivity contribution in [1.82, 2.24) is 5.43 Å². The van der Waals surface area contributed by atoms with Crippen LogP contribution >= 0.6 is 11.6 Å². The molecule has 174 valence electrons. The molecule has 0 saturated carbocycles. The lowest BCUT2D eigenvalue weighted by Crippen LogP contribution is -2.32. The number of carbonyl (C=O) groups is 3. The third kappa shape index (κ3) is 7.64. The molecule has 9 nitrogen and oxygen atoms in total. The van der Waals surface area contributed by atoms with Crippen LogP contribution in [0, 0.1) is 0 Å². The number of carbonyl (C=O) groups excluding carboxylic acids is 3. The fourth-order valence-electron chi connectivity index (χ4n) is 2.68. The average molecular weight is 481 g/mol. The Hall–Kier alpha value is -4.37. The van der Waals surface area contributed by atoms with Gasteiger partial charge in [0.05, 0.1) is 13.3 Å². The van der Waals surface area contributed by atoms with Crippen LogP contribution in [0.3, 0.4) is 0 Å². The molecular weight excluding hydrogens is 460 g/mol. The summed E-state index contributed by atoms with van der Waals surface area (Å²) >= 11 is 5.90. The number of amides is 3. The molecule has 0 heterocycles. The highest BCUT2D eigenvalue weighted by Gasteiger charge is 2.12. The number of anilines is 2. The Balaban J connectivity index is 1.47. The molecule has 10 heteroatoms. The second kappa shape index (κ2) is 12.0. The first-order valence-electron chi connectivity index (χ1n) is 9.99. The zero-order valence-corrected chi connectivity index (χ0v) is 18.8. The summed E-state index contributed by atoms with van der Waals surface area (Å²) in [4.78, 5) is 36.0. The first-order chi connectivity index (χ1) is 16.4. The molecule has 3 aromatic rings. The van der Waals surface area contributed by atoms with E-state index in [1.807, 2.05) is 0 Å². The molecule has 0 atom stereocenters. The van der Waals surface area contributed by atoms with Gasteiger partial charge in [0.1, 0.15) is 11.5 Å². The minimum absolute atomic E-state index is 0.213. The fraction of sp³-hybridized carbons (Fsp3) is 0.0833. The number of benzene rings is 3. The molecule has 0 aliphatic rings. The maximum Gasteiger partial charge on any atom is 0.329 e. The van der Waals surface area contributed by atoms with Gasteiger partial charge in [-0.1, -0.05) is 29.8 Å². The van der Waals surface area contributed by atoms with Crippen LogP contribution in [0.1, 0.15) is 5.56 Å². The summed E-state index contributed by atoms with van der Waals surface area (Å²) in [6, 6.07) is 20.0. The van der Waals surface area contributed by atoms with Gasteiger partial charge < -0.3 is 20.1 Å². The van der Waals surface area contributed by atoms with Crippen LogP contribution in [-0.4, -0.2) is 37.7 Å².